The summed E-state index contributed by atoms with van der Waals surface area (Å²) >= 11 is 6.13. The van der Waals surface area contributed by atoms with Gasteiger partial charge in [-0.2, -0.15) is 0 Å². The molecule has 0 aliphatic heterocycles. The summed E-state index contributed by atoms with van der Waals surface area (Å²) in [4.78, 5) is 0. The molecule has 0 heterocycles. The molecular formula is C16H15ClO. The van der Waals surface area contributed by atoms with Gasteiger partial charge in [0.25, 0.3) is 0 Å². The number of hydrogen-bond donors (Lipinski definition) is 1. The van der Waals surface area contributed by atoms with Gasteiger partial charge in [-0.25, -0.2) is 0 Å². The lowest BCUT2D eigenvalue weighted by Gasteiger charge is -2.14. The summed E-state index contributed by atoms with van der Waals surface area (Å²) in [7, 11) is 0. The molecule has 3 rings (SSSR count). The third-order valence-electron chi connectivity index (χ3n) is 3.64. The van der Waals surface area contributed by atoms with Crippen LogP contribution in [0.3, 0.4) is 0 Å². The molecule has 1 N–H and O–H groups in total. The Morgan fingerprint density at radius 1 is 1.00 bits per heavy atom. The van der Waals surface area contributed by atoms with Crippen molar-refractivity contribution in [2.75, 3.05) is 0 Å². The van der Waals surface area contributed by atoms with Gasteiger partial charge in [0.1, 0.15) is 6.10 Å². The Balaban J connectivity index is 1.98. The van der Waals surface area contributed by atoms with Crippen molar-refractivity contribution in [2.45, 2.75) is 25.4 Å². The van der Waals surface area contributed by atoms with E-state index >= 15 is 0 Å². The van der Waals surface area contributed by atoms with Gasteiger partial charge in [0.15, 0.2) is 0 Å². The van der Waals surface area contributed by atoms with E-state index in [0.717, 1.165) is 24.0 Å². The van der Waals surface area contributed by atoms with Crippen molar-refractivity contribution >= 4 is 11.6 Å². The highest BCUT2D eigenvalue weighted by atomic mass is 35.5. The van der Waals surface area contributed by atoms with Gasteiger partial charge in [-0.15, -0.1) is 0 Å². The predicted molar refractivity (Wildman–Crippen MR) is 74.0 cm³/mol. The van der Waals surface area contributed by atoms with Crippen molar-refractivity contribution in [3.63, 3.8) is 0 Å². The average molecular weight is 259 g/mol. The van der Waals surface area contributed by atoms with Crippen LogP contribution in [-0.4, -0.2) is 5.11 Å². The first-order valence-electron chi connectivity index (χ1n) is 6.30. The largest absolute Gasteiger partial charge is 0.384 e. The third kappa shape index (κ3) is 2.05. The molecule has 0 fully saturated rings. The number of hydrogen-bond acceptors (Lipinski definition) is 1. The first kappa shape index (κ1) is 11.8. The molecule has 0 saturated carbocycles. The van der Waals surface area contributed by atoms with Crippen LogP contribution in [0.25, 0.3) is 0 Å². The molecule has 1 aliphatic carbocycles. The zero-order chi connectivity index (χ0) is 12.5. The maximum absolute atomic E-state index is 10.4. The summed E-state index contributed by atoms with van der Waals surface area (Å²) < 4.78 is 0. The van der Waals surface area contributed by atoms with E-state index in [4.69, 9.17) is 11.6 Å². The van der Waals surface area contributed by atoms with E-state index in [-0.39, 0.29) is 0 Å². The number of aryl methyl sites for hydroxylation is 2. The Kier molecular flexibility index (Phi) is 3.11. The zero-order valence-corrected chi connectivity index (χ0v) is 10.8. The van der Waals surface area contributed by atoms with E-state index in [9.17, 15) is 5.11 Å². The van der Waals surface area contributed by atoms with Crippen LogP contribution in [-0.2, 0) is 12.8 Å². The van der Waals surface area contributed by atoms with Gasteiger partial charge in [-0.1, -0.05) is 48.0 Å². The van der Waals surface area contributed by atoms with Crippen LogP contribution in [0, 0.1) is 0 Å². The summed E-state index contributed by atoms with van der Waals surface area (Å²) in [6.45, 7) is 0. The molecule has 0 spiro atoms. The number of rotatable bonds is 2. The van der Waals surface area contributed by atoms with E-state index in [2.05, 4.69) is 12.1 Å². The molecule has 1 nitrogen and oxygen atoms in total. The van der Waals surface area contributed by atoms with Crippen molar-refractivity contribution in [2.24, 2.45) is 0 Å². The van der Waals surface area contributed by atoms with Gasteiger partial charge < -0.3 is 5.11 Å². The van der Waals surface area contributed by atoms with E-state index in [1.54, 1.807) is 0 Å². The number of benzene rings is 2. The monoisotopic (exact) mass is 258 g/mol. The molecule has 0 amide bonds. The van der Waals surface area contributed by atoms with Crippen LogP contribution in [0.1, 0.15) is 34.8 Å². The second-order valence-electron chi connectivity index (χ2n) is 4.81. The normalized spacial score (nSPS) is 15.4. The predicted octanol–water partition coefficient (Wildman–Crippen LogP) is 3.91. The first-order chi connectivity index (χ1) is 8.75. The Morgan fingerprint density at radius 3 is 2.61 bits per heavy atom. The van der Waals surface area contributed by atoms with Crippen LogP contribution in [0.4, 0.5) is 0 Å². The molecule has 18 heavy (non-hydrogen) atoms. The minimum absolute atomic E-state index is 0.616. The minimum Gasteiger partial charge on any atom is -0.384 e. The maximum Gasteiger partial charge on any atom is 0.105 e. The van der Waals surface area contributed by atoms with E-state index in [0.29, 0.717) is 5.02 Å². The number of aliphatic hydroxyl groups excluding tert-OH is 1. The number of aliphatic hydroxyl groups is 1. The Morgan fingerprint density at radius 2 is 1.78 bits per heavy atom. The lowest BCUT2D eigenvalue weighted by Crippen LogP contribution is -2.01. The quantitative estimate of drug-likeness (QED) is 0.866. The number of fused-ring (bicyclic) bond motifs is 1. The molecule has 0 aromatic heterocycles. The maximum atomic E-state index is 10.4. The SMILES string of the molecule is OC(c1ccc2c(c1)CCC2)c1ccccc1Cl. The zero-order valence-electron chi connectivity index (χ0n) is 10.1. The van der Waals surface area contributed by atoms with Crippen LogP contribution in [0.5, 0.6) is 0 Å². The Hall–Kier alpha value is -1.31. The smallest absolute Gasteiger partial charge is 0.105 e. The fourth-order valence-electron chi connectivity index (χ4n) is 2.64. The van der Waals surface area contributed by atoms with Crippen LogP contribution >= 0.6 is 11.6 Å². The molecule has 1 atom stereocenters. The molecular weight excluding hydrogens is 244 g/mol. The summed E-state index contributed by atoms with van der Waals surface area (Å²) in [5.41, 5.74) is 4.50. The summed E-state index contributed by atoms with van der Waals surface area (Å²) in [6.07, 6.45) is 2.88. The van der Waals surface area contributed by atoms with E-state index in [1.165, 1.54) is 17.5 Å². The van der Waals surface area contributed by atoms with Gasteiger partial charge in [-0.3, -0.25) is 0 Å². The van der Waals surface area contributed by atoms with Crippen molar-refractivity contribution in [3.05, 3.63) is 69.7 Å². The second-order valence-corrected chi connectivity index (χ2v) is 5.21. The minimum atomic E-state index is -0.635. The highest BCUT2D eigenvalue weighted by Crippen LogP contribution is 2.31. The molecule has 1 unspecified atom stereocenters. The van der Waals surface area contributed by atoms with E-state index in [1.807, 2.05) is 30.3 Å². The fourth-order valence-corrected chi connectivity index (χ4v) is 2.88. The van der Waals surface area contributed by atoms with Gasteiger partial charge >= 0.3 is 0 Å². The molecule has 2 aromatic carbocycles. The fraction of sp³-hybridized carbons (Fsp3) is 0.250. The van der Waals surface area contributed by atoms with E-state index < -0.39 is 6.10 Å². The summed E-state index contributed by atoms with van der Waals surface area (Å²) in [5.74, 6) is 0. The first-order valence-corrected chi connectivity index (χ1v) is 6.67. The molecule has 92 valence electrons. The standard InChI is InChI=1S/C16H15ClO/c17-15-7-2-1-6-14(15)16(18)13-9-8-11-4-3-5-12(11)10-13/h1-2,6-10,16,18H,3-5H2. The molecule has 2 heteroatoms. The summed E-state index contributed by atoms with van der Waals surface area (Å²) in [5, 5.41) is 11.0. The van der Waals surface area contributed by atoms with Gasteiger partial charge in [-0.05, 0) is 42.0 Å². The van der Waals surface area contributed by atoms with Gasteiger partial charge in [0.05, 0.1) is 0 Å². The topological polar surface area (TPSA) is 20.2 Å². The van der Waals surface area contributed by atoms with Crippen LogP contribution in [0.15, 0.2) is 42.5 Å². The molecule has 0 saturated heterocycles. The average Bonchev–Trinajstić information content (AvgIpc) is 2.85. The van der Waals surface area contributed by atoms with Crippen molar-refractivity contribution in [3.8, 4) is 0 Å². The van der Waals surface area contributed by atoms with Crippen molar-refractivity contribution < 1.29 is 5.11 Å². The summed E-state index contributed by atoms with van der Waals surface area (Å²) in [6, 6.07) is 13.7. The molecule has 2 aromatic rings. The lowest BCUT2D eigenvalue weighted by molar-refractivity contribution is 0.220. The highest BCUT2D eigenvalue weighted by Gasteiger charge is 2.17. The Bertz CT molecular complexity index is 577. The van der Waals surface area contributed by atoms with Gasteiger partial charge in [0.2, 0.25) is 0 Å². The second kappa shape index (κ2) is 4.75. The third-order valence-corrected chi connectivity index (χ3v) is 3.98. The molecule has 1 aliphatic rings. The molecule has 0 bridgehead atoms. The molecule has 0 radical (unpaired) electrons. The van der Waals surface area contributed by atoms with Crippen LogP contribution < -0.4 is 0 Å². The van der Waals surface area contributed by atoms with Gasteiger partial charge in [0, 0.05) is 10.6 Å². The highest BCUT2D eigenvalue weighted by molar-refractivity contribution is 6.31. The van der Waals surface area contributed by atoms with Crippen LogP contribution in [0.2, 0.25) is 5.02 Å². The number of halogens is 1. The van der Waals surface area contributed by atoms with Crippen molar-refractivity contribution in [1.82, 2.24) is 0 Å². The van der Waals surface area contributed by atoms with Crippen molar-refractivity contribution in [1.29, 1.82) is 0 Å². The Labute approximate surface area is 112 Å². The lowest BCUT2D eigenvalue weighted by atomic mass is 9.98.